The molecular weight excluding hydrogens is 729 g/mol. The molecule has 0 heterocycles. The number of aliphatic hydroxyl groups excluding tert-OH is 1. The smallest absolute Gasteiger partial charge is 0.462 e. The van der Waals surface area contributed by atoms with Crippen molar-refractivity contribution in [3.63, 3.8) is 0 Å². The van der Waals surface area contributed by atoms with E-state index in [2.05, 4.69) is 49.5 Å². The van der Waals surface area contributed by atoms with Crippen LogP contribution >= 0.6 is 7.82 Å². The fraction of sp³-hybridized carbons (Fsp3) is 0.600. The number of ether oxygens (including phenoxy) is 2. The summed E-state index contributed by atoms with van der Waals surface area (Å²) in [4.78, 5) is 34.8. The fourth-order valence-corrected chi connectivity index (χ4v) is 5.70. The third kappa shape index (κ3) is 39.1. The van der Waals surface area contributed by atoms with Crippen LogP contribution in [0.25, 0.3) is 0 Å². The lowest BCUT2D eigenvalue weighted by Crippen LogP contribution is -2.29. The molecule has 3 atom stereocenters. The van der Waals surface area contributed by atoms with Crippen LogP contribution in [0.2, 0.25) is 0 Å². The first kappa shape index (κ1) is 52.9. The van der Waals surface area contributed by atoms with E-state index in [1.807, 2.05) is 61.6 Å². The van der Waals surface area contributed by atoms with Crippen molar-refractivity contribution in [3.05, 3.63) is 97.2 Å². The maximum absolute atomic E-state index is 12.5. The van der Waals surface area contributed by atoms with Gasteiger partial charge in [0.2, 0.25) is 0 Å². The molecule has 0 fully saturated rings. The summed E-state index contributed by atoms with van der Waals surface area (Å²) in [6, 6.07) is 0. The zero-order chi connectivity index (χ0) is 41.2. The van der Waals surface area contributed by atoms with Crippen LogP contribution in [-0.2, 0) is 32.7 Å². The Kier molecular flexibility index (Phi) is 37.9. The molecule has 0 amide bonds. The summed E-state index contributed by atoms with van der Waals surface area (Å²) in [7, 11) is -4.42. The van der Waals surface area contributed by atoms with Gasteiger partial charge in [-0.15, -0.1) is 0 Å². The minimum absolute atomic E-state index is 0.0262. The second-order valence-corrected chi connectivity index (χ2v) is 14.8. The number of esters is 2. The molecule has 0 aromatic carbocycles. The molecule has 0 aliphatic rings. The molecule has 318 valence electrons. The summed E-state index contributed by atoms with van der Waals surface area (Å²) < 4.78 is 32.6. The average molecular weight is 804 g/mol. The Hall–Kier alpha value is -3.11. The number of aliphatic hydroxyl groups is 1. The third-order valence-electron chi connectivity index (χ3n) is 8.03. The maximum atomic E-state index is 12.5. The molecule has 0 aromatic rings. The van der Waals surface area contributed by atoms with Crippen molar-refractivity contribution in [2.75, 3.05) is 26.4 Å². The number of phosphoric acid groups is 1. The van der Waals surface area contributed by atoms with Gasteiger partial charge in [-0.3, -0.25) is 18.6 Å². The molecule has 4 N–H and O–H groups in total. The number of carbonyl (C=O) groups excluding carboxylic acids is 2. The van der Waals surface area contributed by atoms with Crippen LogP contribution in [0.5, 0.6) is 0 Å². The summed E-state index contributed by atoms with van der Waals surface area (Å²) in [6.07, 6.45) is 48.0. The molecule has 0 aliphatic heterocycles. The lowest BCUT2D eigenvalue weighted by Gasteiger charge is -2.19. The SMILES string of the molecule is CC/C=C\C(O)C/C=C/C=C\C/C=C\C/C=C\CCCC(=O)OC[C@H](COP(=O)(O)OCCN)OC(=O)CCC/C=C\C/C=C\C/C=C\CCCCCCCC. The first-order valence-electron chi connectivity index (χ1n) is 20.8. The van der Waals surface area contributed by atoms with Crippen LogP contribution in [0.1, 0.15) is 136 Å². The van der Waals surface area contributed by atoms with Crippen LogP contribution < -0.4 is 5.73 Å². The van der Waals surface area contributed by atoms with Crippen molar-refractivity contribution in [2.45, 2.75) is 148 Å². The monoisotopic (exact) mass is 804 g/mol. The second kappa shape index (κ2) is 40.1. The summed E-state index contributed by atoms with van der Waals surface area (Å²) in [5.74, 6) is -0.993. The normalized spacial score (nSPS) is 14.9. The number of allylic oxidation sites excluding steroid dienone is 14. The largest absolute Gasteiger partial charge is 0.472 e. The van der Waals surface area contributed by atoms with Gasteiger partial charge < -0.3 is 25.2 Å². The van der Waals surface area contributed by atoms with Gasteiger partial charge in [0.05, 0.1) is 19.3 Å². The Morgan fingerprint density at radius 1 is 0.643 bits per heavy atom. The molecule has 0 saturated carbocycles. The highest BCUT2D eigenvalue weighted by Crippen LogP contribution is 2.43. The molecule has 0 aliphatic carbocycles. The molecule has 0 radical (unpaired) electrons. The molecule has 0 aromatic heterocycles. The van der Waals surface area contributed by atoms with Crippen LogP contribution in [0.4, 0.5) is 0 Å². The zero-order valence-electron chi connectivity index (χ0n) is 34.4. The van der Waals surface area contributed by atoms with Gasteiger partial charge in [0, 0.05) is 19.4 Å². The van der Waals surface area contributed by atoms with Crippen molar-refractivity contribution >= 4 is 19.8 Å². The van der Waals surface area contributed by atoms with Crippen LogP contribution in [0.15, 0.2) is 97.2 Å². The van der Waals surface area contributed by atoms with E-state index in [-0.39, 0.29) is 32.6 Å². The lowest BCUT2D eigenvalue weighted by atomic mass is 10.1. The summed E-state index contributed by atoms with van der Waals surface area (Å²) in [5.41, 5.74) is 5.33. The lowest BCUT2D eigenvalue weighted by molar-refractivity contribution is -0.161. The summed E-state index contributed by atoms with van der Waals surface area (Å²) in [6.45, 7) is 3.32. The van der Waals surface area contributed by atoms with Crippen LogP contribution in [0, 0.1) is 0 Å². The predicted octanol–water partition coefficient (Wildman–Crippen LogP) is 10.8. The molecule has 0 saturated heterocycles. The van der Waals surface area contributed by atoms with E-state index in [0.29, 0.717) is 32.1 Å². The summed E-state index contributed by atoms with van der Waals surface area (Å²) in [5, 5.41) is 9.75. The van der Waals surface area contributed by atoms with Gasteiger partial charge in [-0.05, 0) is 77.0 Å². The topological polar surface area (TPSA) is 155 Å². The average Bonchev–Trinajstić information content (AvgIpc) is 3.18. The Balaban J connectivity index is 4.42. The predicted molar refractivity (Wildman–Crippen MR) is 230 cm³/mol. The highest BCUT2D eigenvalue weighted by Gasteiger charge is 2.25. The molecule has 10 nitrogen and oxygen atoms in total. The van der Waals surface area contributed by atoms with E-state index in [9.17, 15) is 24.2 Å². The standard InChI is InChI=1S/C45H74NO9P/c1-3-5-7-8-9-10-11-12-13-14-15-16-21-24-27-30-33-37-45(49)55-43(41-54-56(50,51)53-39-38-46)40-52-44(48)36-32-29-26-23-20-18-17-19-22-25-28-31-35-42(47)34-6-4-2/h6,12-13,15-18,22-28,31,34,42-43,47H,3-5,7-11,14,19-21,29-30,32-33,35-41,46H2,1-2H3,(H,50,51)/b13-12-,16-15-,18-17-,25-22-,26-23-,27-24-,31-28+,34-6-/t42?,43-/m1/s1. The molecule has 0 rings (SSSR count). The van der Waals surface area contributed by atoms with Crippen LogP contribution in [0.3, 0.4) is 0 Å². The van der Waals surface area contributed by atoms with Crippen molar-refractivity contribution < 1.29 is 42.7 Å². The van der Waals surface area contributed by atoms with E-state index in [1.54, 1.807) is 0 Å². The Labute approximate surface area is 339 Å². The van der Waals surface area contributed by atoms with Gasteiger partial charge in [0.15, 0.2) is 6.10 Å². The van der Waals surface area contributed by atoms with Crippen molar-refractivity contribution in [1.29, 1.82) is 0 Å². The first-order valence-corrected chi connectivity index (χ1v) is 22.3. The van der Waals surface area contributed by atoms with Crippen LogP contribution in [-0.4, -0.2) is 60.5 Å². The van der Waals surface area contributed by atoms with E-state index in [1.165, 1.54) is 38.5 Å². The maximum Gasteiger partial charge on any atom is 0.472 e. The van der Waals surface area contributed by atoms with E-state index in [0.717, 1.165) is 38.5 Å². The van der Waals surface area contributed by atoms with Crippen molar-refractivity contribution in [1.82, 2.24) is 0 Å². The molecular formula is C45H74NO9P. The third-order valence-corrected chi connectivity index (χ3v) is 9.01. The molecule has 2 unspecified atom stereocenters. The van der Waals surface area contributed by atoms with Gasteiger partial charge in [0.25, 0.3) is 0 Å². The van der Waals surface area contributed by atoms with Crippen molar-refractivity contribution in [3.8, 4) is 0 Å². The zero-order valence-corrected chi connectivity index (χ0v) is 35.3. The Bertz CT molecular complexity index is 1250. The molecule has 56 heavy (non-hydrogen) atoms. The summed E-state index contributed by atoms with van der Waals surface area (Å²) >= 11 is 0. The quantitative estimate of drug-likeness (QED) is 0.0182. The first-order chi connectivity index (χ1) is 27.2. The number of hydrogen-bond acceptors (Lipinski definition) is 9. The van der Waals surface area contributed by atoms with Gasteiger partial charge in [-0.1, -0.05) is 143 Å². The number of nitrogens with two attached hydrogens (primary N) is 1. The number of unbranched alkanes of at least 4 members (excludes halogenated alkanes) is 8. The van der Waals surface area contributed by atoms with Gasteiger partial charge in [-0.2, -0.15) is 0 Å². The molecule has 0 bridgehead atoms. The minimum atomic E-state index is -4.42. The Morgan fingerprint density at radius 2 is 1.18 bits per heavy atom. The van der Waals surface area contributed by atoms with Gasteiger partial charge >= 0.3 is 19.8 Å². The van der Waals surface area contributed by atoms with E-state index >= 15 is 0 Å². The number of hydrogen-bond donors (Lipinski definition) is 3. The van der Waals surface area contributed by atoms with E-state index < -0.39 is 38.6 Å². The highest BCUT2D eigenvalue weighted by atomic mass is 31.2. The number of phosphoric ester groups is 1. The second-order valence-electron chi connectivity index (χ2n) is 13.3. The molecule has 11 heteroatoms. The Morgan fingerprint density at radius 3 is 1.79 bits per heavy atom. The highest BCUT2D eigenvalue weighted by molar-refractivity contribution is 7.47. The minimum Gasteiger partial charge on any atom is -0.462 e. The van der Waals surface area contributed by atoms with Gasteiger partial charge in [0.1, 0.15) is 6.61 Å². The van der Waals surface area contributed by atoms with Gasteiger partial charge in [-0.25, -0.2) is 4.57 Å². The van der Waals surface area contributed by atoms with Crippen molar-refractivity contribution in [2.24, 2.45) is 5.73 Å². The molecule has 0 spiro atoms. The fourth-order valence-electron chi connectivity index (χ4n) is 4.94. The number of carbonyl (C=O) groups is 2. The number of rotatable bonds is 37. The van der Waals surface area contributed by atoms with E-state index in [4.69, 9.17) is 24.3 Å².